The molecule has 1 aromatic heterocycles. The SMILES string of the molecule is CC(Oc1ccc(N(C)S(C)(=O)=O)cc1)C(=O)Nc1ccc2c(c1)sc(=O)n2C(C)C. The van der Waals surface area contributed by atoms with Crippen LogP contribution < -0.4 is 19.2 Å². The van der Waals surface area contributed by atoms with E-state index in [4.69, 9.17) is 4.74 Å². The summed E-state index contributed by atoms with van der Waals surface area (Å²) >= 11 is 1.14. The minimum atomic E-state index is -3.35. The Bertz CT molecular complexity index is 1260. The molecule has 1 unspecified atom stereocenters. The average Bonchev–Trinajstić information content (AvgIpc) is 3.02. The largest absolute Gasteiger partial charge is 0.481 e. The van der Waals surface area contributed by atoms with Crippen molar-refractivity contribution in [2.24, 2.45) is 0 Å². The van der Waals surface area contributed by atoms with Crippen LogP contribution >= 0.6 is 11.3 Å². The Morgan fingerprint density at radius 2 is 1.77 bits per heavy atom. The minimum absolute atomic E-state index is 0.0323. The second-order valence-electron chi connectivity index (χ2n) is 7.49. The lowest BCUT2D eigenvalue weighted by Gasteiger charge is -2.18. The summed E-state index contributed by atoms with van der Waals surface area (Å²) in [5, 5.41) is 2.81. The number of nitrogens with zero attached hydrogens (tertiary/aromatic N) is 2. The molecule has 0 saturated heterocycles. The first-order valence-electron chi connectivity index (χ1n) is 9.64. The molecule has 3 aromatic rings. The molecular formula is C21H25N3O5S2. The van der Waals surface area contributed by atoms with Gasteiger partial charge in [0, 0.05) is 18.8 Å². The van der Waals surface area contributed by atoms with Crippen molar-refractivity contribution in [1.82, 2.24) is 4.57 Å². The van der Waals surface area contributed by atoms with Crippen molar-refractivity contribution in [2.75, 3.05) is 22.9 Å². The van der Waals surface area contributed by atoms with Gasteiger partial charge in [-0.15, -0.1) is 0 Å². The van der Waals surface area contributed by atoms with Crippen LogP contribution in [0.5, 0.6) is 5.75 Å². The second-order valence-corrected chi connectivity index (χ2v) is 10.5. The number of aromatic nitrogens is 1. The molecule has 3 rings (SSSR count). The molecule has 166 valence electrons. The van der Waals surface area contributed by atoms with Gasteiger partial charge in [0.15, 0.2) is 6.10 Å². The Kier molecular flexibility index (Phi) is 6.42. The van der Waals surface area contributed by atoms with Gasteiger partial charge in [-0.25, -0.2) is 8.42 Å². The zero-order chi connectivity index (χ0) is 22.9. The lowest BCUT2D eigenvalue weighted by Crippen LogP contribution is -2.30. The molecule has 0 spiro atoms. The molecule has 10 heteroatoms. The van der Waals surface area contributed by atoms with Crippen molar-refractivity contribution >= 4 is 48.9 Å². The van der Waals surface area contributed by atoms with Gasteiger partial charge in [-0.05, 0) is 63.2 Å². The molecule has 2 aromatic carbocycles. The van der Waals surface area contributed by atoms with E-state index < -0.39 is 16.1 Å². The standard InChI is InChI=1S/C21H25N3O5S2/c1-13(2)24-18-11-6-15(12-19(18)30-21(24)26)22-20(25)14(3)29-17-9-7-16(8-10-17)23(4)31(5,27)28/h6-14H,1-5H3,(H,22,25). The number of sulfonamides is 1. The Morgan fingerprint density at radius 1 is 1.13 bits per heavy atom. The zero-order valence-corrected chi connectivity index (χ0v) is 19.6. The van der Waals surface area contributed by atoms with Gasteiger partial charge >= 0.3 is 4.87 Å². The van der Waals surface area contributed by atoms with Crippen molar-refractivity contribution in [3.05, 3.63) is 52.1 Å². The number of fused-ring (bicyclic) bond motifs is 1. The third-order valence-corrected chi connectivity index (χ3v) is 6.90. The number of hydrogen-bond acceptors (Lipinski definition) is 6. The lowest BCUT2D eigenvalue weighted by atomic mass is 10.2. The maximum absolute atomic E-state index is 12.6. The Hall–Kier alpha value is -2.85. The number of hydrogen-bond donors (Lipinski definition) is 1. The van der Waals surface area contributed by atoms with Gasteiger partial charge < -0.3 is 10.1 Å². The Morgan fingerprint density at radius 3 is 2.35 bits per heavy atom. The number of amides is 1. The molecule has 0 aliphatic heterocycles. The summed E-state index contributed by atoms with van der Waals surface area (Å²) in [6, 6.07) is 11.9. The topological polar surface area (TPSA) is 97.7 Å². The van der Waals surface area contributed by atoms with Crippen LogP contribution in [0.1, 0.15) is 26.8 Å². The molecule has 1 amide bonds. The van der Waals surface area contributed by atoms with Gasteiger partial charge in [0.2, 0.25) is 10.0 Å². The first-order valence-corrected chi connectivity index (χ1v) is 12.3. The van der Waals surface area contributed by atoms with Crippen LogP contribution in [0.3, 0.4) is 0 Å². The Balaban J connectivity index is 1.69. The van der Waals surface area contributed by atoms with Crippen LogP contribution in [-0.2, 0) is 14.8 Å². The van der Waals surface area contributed by atoms with Crippen molar-refractivity contribution in [3.8, 4) is 5.75 Å². The second kappa shape index (κ2) is 8.72. The van der Waals surface area contributed by atoms with Crippen LogP contribution in [0.2, 0.25) is 0 Å². The maximum atomic E-state index is 12.6. The molecule has 0 radical (unpaired) electrons. The van der Waals surface area contributed by atoms with Crippen LogP contribution in [0.4, 0.5) is 11.4 Å². The number of carbonyl (C=O) groups is 1. The first kappa shape index (κ1) is 22.8. The van der Waals surface area contributed by atoms with Gasteiger partial charge in [0.05, 0.1) is 22.2 Å². The lowest BCUT2D eigenvalue weighted by molar-refractivity contribution is -0.122. The summed E-state index contributed by atoms with van der Waals surface area (Å²) in [5.41, 5.74) is 1.91. The fourth-order valence-corrected chi connectivity index (χ4v) is 4.59. The van der Waals surface area contributed by atoms with E-state index in [1.165, 1.54) is 7.05 Å². The number of anilines is 2. The number of thiazole rings is 1. The molecule has 8 nitrogen and oxygen atoms in total. The highest BCUT2D eigenvalue weighted by atomic mass is 32.2. The third-order valence-electron chi connectivity index (χ3n) is 4.78. The van der Waals surface area contributed by atoms with E-state index in [2.05, 4.69) is 5.32 Å². The Labute approximate surface area is 185 Å². The number of ether oxygens (including phenoxy) is 1. The predicted molar refractivity (Wildman–Crippen MR) is 125 cm³/mol. The van der Waals surface area contributed by atoms with Crippen molar-refractivity contribution in [2.45, 2.75) is 32.9 Å². The predicted octanol–water partition coefficient (Wildman–Crippen LogP) is 3.45. The fourth-order valence-electron chi connectivity index (χ4n) is 3.03. The molecule has 0 fully saturated rings. The highest BCUT2D eigenvalue weighted by Crippen LogP contribution is 2.25. The number of benzene rings is 2. The van der Waals surface area contributed by atoms with Crippen LogP contribution in [0, 0.1) is 0 Å². The van der Waals surface area contributed by atoms with E-state index in [1.54, 1.807) is 47.9 Å². The van der Waals surface area contributed by atoms with E-state index in [0.29, 0.717) is 17.1 Å². The zero-order valence-electron chi connectivity index (χ0n) is 17.9. The van der Waals surface area contributed by atoms with E-state index in [1.807, 2.05) is 19.9 Å². The molecule has 0 saturated carbocycles. The van der Waals surface area contributed by atoms with E-state index in [9.17, 15) is 18.0 Å². The van der Waals surface area contributed by atoms with Crippen molar-refractivity contribution in [3.63, 3.8) is 0 Å². The van der Waals surface area contributed by atoms with Crippen LogP contribution in [0.15, 0.2) is 47.3 Å². The molecular weight excluding hydrogens is 438 g/mol. The molecule has 1 heterocycles. The van der Waals surface area contributed by atoms with Gasteiger partial charge in [-0.2, -0.15) is 0 Å². The van der Waals surface area contributed by atoms with Crippen LogP contribution in [0.25, 0.3) is 10.2 Å². The monoisotopic (exact) mass is 463 g/mol. The van der Waals surface area contributed by atoms with Gasteiger partial charge in [0.1, 0.15) is 5.75 Å². The van der Waals surface area contributed by atoms with Gasteiger partial charge in [0.25, 0.3) is 5.91 Å². The number of nitrogens with one attached hydrogen (secondary N) is 1. The average molecular weight is 464 g/mol. The number of rotatable bonds is 7. The molecule has 0 aliphatic rings. The van der Waals surface area contributed by atoms with E-state index >= 15 is 0 Å². The number of carbonyl (C=O) groups excluding carboxylic acids is 1. The molecule has 0 bridgehead atoms. The van der Waals surface area contributed by atoms with E-state index in [-0.39, 0.29) is 16.8 Å². The quantitative estimate of drug-likeness (QED) is 0.579. The summed E-state index contributed by atoms with van der Waals surface area (Å²) in [7, 11) is -1.89. The summed E-state index contributed by atoms with van der Waals surface area (Å²) in [4.78, 5) is 24.7. The summed E-state index contributed by atoms with van der Waals surface area (Å²) in [6.45, 7) is 5.53. The van der Waals surface area contributed by atoms with Crippen LogP contribution in [-0.4, -0.2) is 38.3 Å². The minimum Gasteiger partial charge on any atom is -0.481 e. The third kappa shape index (κ3) is 5.08. The molecule has 0 aliphatic carbocycles. The highest BCUT2D eigenvalue weighted by molar-refractivity contribution is 7.92. The van der Waals surface area contributed by atoms with Crippen molar-refractivity contribution < 1.29 is 17.9 Å². The molecule has 1 N–H and O–H groups in total. The van der Waals surface area contributed by atoms with Gasteiger partial charge in [-0.1, -0.05) is 11.3 Å². The summed E-state index contributed by atoms with van der Waals surface area (Å²) in [5.74, 6) is 0.100. The first-order chi connectivity index (χ1) is 14.5. The fraction of sp³-hybridized carbons (Fsp3) is 0.333. The highest BCUT2D eigenvalue weighted by Gasteiger charge is 2.17. The smallest absolute Gasteiger partial charge is 0.308 e. The van der Waals surface area contributed by atoms with E-state index in [0.717, 1.165) is 32.1 Å². The van der Waals surface area contributed by atoms with Crippen molar-refractivity contribution in [1.29, 1.82) is 0 Å². The molecule has 1 atom stereocenters. The van der Waals surface area contributed by atoms with Gasteiger partial charge in [-0.3, -0.25) is 18.5 Å². The summed E-state index contributed by atoms with van der Waals surface area (Å²) < 4.78 is 32.6. The summed E-state index contributed by atoms with van der Waals surface area (Å²) in [6.07, 6.45) is 0.338. The maximum Gasteiger partial charge on any atom is 0.308 e. The molecule has 31 heavy (non-hydrogen) atoms. The normalized spacial score (nSPS) is 12.7.